The van der Waals surface area contributed by atoms with Gasteiger partial charge >= 0.3 is 11.9 Å². The zero-order valence-corrected chi connectivity index (χ0v) is 14.7. The van der Waals surface area contributed by atoms with Gasteiger partial charge in [-0.25, -0.2) is 9.59 Å². The summed E-state index contributed by atoms with van der Waals surface area (Å²) in [6.07, 6.45) is 5.10. The lowest BCUT2D eigenvalue weighted by molar-refractivity contribution is 0.0685. The van der Waals surface area contributed by atoms with E-state index in [2.05, 4.69) is 17.5 Å². The number of carboxylic acid groups (broad SMARTS) is 2. The molecule has 2 aromatic rings. The second kappa shape index (κ2) is 6.46. The number of allylic oxidation sites excluding steroid dienone is 2. The Balaban J connectivity index is 1.79. The summed E-state index contributed by atoms with van der Waals surface area (Å²) >= 11 is 0. The fourth-order valence-electron chi connectivity index (χ4n) is 4.11. The van der Waals surface area contributed by atoms with Crippen LogP contribution in [0.1, 0.15) is 50.2 Å². The van der Waals surface area contributed by atoms with Gasteiger partial charge in [0.05, 0.1) is 30.0 Å². The summed E-state index contributed by atoms with van der Waals surface area (Å²) in [7, 11) is 1.52. The molecule has 2 aliphatic rings. The largest absolute Gasteiger partial charge is 0.495 e. The molecule has 0 fully saturated rings. The Morgan fingerprint density at radius 2 is 1.78 bits per heavy atom. The molecule has 4 rings (SSSR count). The second-order valence-corrected chi connectivity index (χ2v) is 6.85. The summed E-state index contributed by atoms with van der Waals surface area (Å²) in [6.45, 7) is 0. The molecule has 1 aliphatic heterocycles. The molecule has 0 saturated heterocycles. The molecule has 0 unspecified atom stereocenters. The van der Waals surface area contributed by atoms with Crippen molar-refractivity contribution in [2.45, 2.75) is 18.4 Å². The molecular weight excluding hydrogens is 346 g/mol. The number of rotatable bonds is 4. The molecule has 3 N–H and O–H groups in total. The molecule has 0 radical (unpaired) electrons. The molecule has 6 heteroatoms. The summed E-state index contributed by atoms with van der Waals surface area (Å²) in [5.41, 5.74) is 3.16. The lowest BCUT2D eigenvalue weighted by Gasteiger charge is -2.38. The molecule has 0 amide bonds. The summed E-state index contributed by atoms with van der Waals surface area (Å²) < 4.78 is 5.46. The van der Waals surface area contributed by atoms with Crippen molar-refractivity contribution in [3.63, 3.8) is 0 Å². The van der Waals surface area contributed by atoms with Crippen LogP contribution in [0.25, 0.3) is 0 Å². The number of ether oxygens (including phenoxy) is 1. The minimum atomic E-state index is -0.985. The highest BCUT2D eigenvalue weighted by Crippen LogP contribution is 2.52. The van der Waals surface area contributed by atoms with Crippen molar-refractivity contribution >= 4 is 17.6 Å². The maximum absolute atomic E-state index is 11.5. The number of hydrogen-bond donors (Lipinski definition) is 3. The molecule has 138 valence electrons. The predicted molar refractivity (Wildman–Crippen MR) is 99.7 cm³/mol. The average molecular weight is 365 g/mol. The quantitative estimate of drug-likeness (QED) is 0.711. The van der Waals surface area contributed by atoms with Gasteiger partial charge in [0.2, 0.25) is 0 Å². The monoisotopic (exact) mass is 365 g/mol. The first kappa shape index (κ1) is 17.1. The number of aromatic carboxylic acids is 2. The van der Waals surface area contributed by atoms with Gasteiger partial charge in [0.1, 0.15) is 5.75 Å². The third-order valence-corrected chi connectivity index (χ3v) is 5.42. The van der Waals surface area contributed by atoms with E-state index in [-0.39, 0.29) is 29.0 Å². The van der Waals surface area contributed by atoms with Crippen LogP contribution in [-0.2, 0) is 0 Å². The van der Waals surface area contributed by atoms with E-state index in [0.29, 0.717) is 5.75 Å². The zero-order chi connectivity index (χ0) is 19.1. The van der Waals surface area contributed by atoms with Gasteiger partial charge in [-0.2, -0.15) is 0 Å². The fraction of sp³-hybridized carbons (Fsp3) is 0.238. The molecule has 0 aromatic heterocycles. The van der Waals surface area contributed by atoms with Crippen LogP contribution in [0.15, 0.2) is 48.6 Å². The van der Waals surface area contributed by atoms with Crippen molar-refractivity contribution < 1.29 is 24.5 Å². The highest BCUT2D eigenvalue weighted by Gasteiger charge is 2.39. The highest BCUT2D eigenvalue weighted by atomic mass is 16.5. The smallest absolute Gasteiger partial charge is 0.335 e. The van der Waals surface area contributed by atoms with Crippen LogP contribution in [0.5, 0.6) is 5.75 Å². The topological polar surface area (TPSA) is 95.9 Å². The number of hydrogen-bond acceptors (Lipinski definition) is 4. The lowest BCUT2D eigenvalue weighted by Crippen LogP contribution is -2.29. The van der Waals surface area contributed by atoms with E-state index in [9.17, 15) is 14.7 Å². The van der Waals surface area contributed by atoms with Gasteiger partial charge in [-0.05, 0) is 47.7 Å². The van der Waals surface area contributed by atoms with E-state index in [0.717, 1.165) is 23.2 Å². The Labute approximate surface area is 156 Å². The van der Waals surface area contributed by atoms with E-state index in [1.807, 2.05) is 12.1 Å². The van der Waals surface area contributed by atoms with Crippen LogP contribution < -0.4 is 10.1 Å². The number of carbonyl (C=O) groups is 2. The van der Waals surface area contributed by atoms with Crippen molar-refractivity contribution in [1.82, 2.24) is 0 Å². The lowest BCUT2D eigenvalue weighted by atomic mass is 9.76. The van der Waals surface area contributed by atoms with E-state index < -0.39 is 11.9 Å². The van der Waals surface area contributed by atoms with Crippen LogP contribution in [0, 0.1) is 5.92 Å². The number of carboxylic acids is 2. The number of benzene rings is 2. The van der Waals surface area contributed by atoms with E-state index in [1.54, 1.807) is 18.2 Å². The standard InChI is InChI=1S/C21H19NO5/c1-27-17-10-13(21(25)26)9-16-14-3-2-4-15(14)18(22-19(16)17)11-5-7-12(8-6-11)20(23)24/h2-3,5-10,14-15,18,22H,4H2,1H3,(H,23,24)(H,25,26)/t14-,15+,18-/m0/s1. The maximum Gasteiger partial charge on any atom is 0.335 e. The minimum Gasteiger partial charge on any atom is -0.495 e. The summed E-state index contributed by atoms with van der Waals surface area (Å²) in [5, 5.41) is 22.0. The molecule has 3 atom stereocenters. The van der Waals surface area contributed by atoms with Crippen LogP contribution in [-0.4, -0.2) is 29.3 Å². The van der Waals surface area contributed by atoms with Gasteiger partial charge in [0, 0.05) is 5.92 Å². The Morgan fingerprint density at radius 3 is 2.41 bits per heavy atom. The van der Waals surface area contributed by atoms with Crippen molar-refractivity contribution in [2.24, 2.45) is 5.92 Å². The third kappa shape index (κ3) is 2.83. The number of nitrogens with one attached hydrogen (secondary N) is 1. The number of fused-ring (bicyclic) bond motifs is 3. The number of methoxy groups -OCH3 is 1. The molecule has 2 aromatic carbocycles. The molecule has 0 saturated carbocycles. The van der Waals surface area contributed by atoms with Gasteiger partial charge in [0.25, 0.3) is 0 Å². The Morgan fingerprint density at radius 1 is 1.07 bits per heavy atom. The van der Waals surface area contributed by atoms with Crippen molar-refractivity contribution in [1.29, 1.82) is 0 Å². The Hall–Kier alpha value is -3.28. The summed E-state index contributed by atoms with van der Waals surface area (Å²) in [5.74, 6) is -1.14. The zero-order valence-electron chi connectivity index (χ0n) is 14.7. The van der Waals surface area contributed by atoms with Crippen molar-refractivity contribution in [3.8, 4) is 5.75 Å². The molecule has 1 aliphatic carbocycles. The molecule has 1 heterocycles. The van der Waals surface area contributed by atoms with Crippen LogP contribution in [0.3, 0.4) is 0 Å². The summed E-state index contributed by atoms with van der Waals surface area (Å²) in [6, 6.07) is 10.1. The van der Waals surface area contributed by atoms with Crippen LogP contribution in [0.4, 0.5) is 5.69 Å². The predicted octanol–water partition coefficient (Wildman–Crippen LogP) is 3.92. The van der Waals surface area contributed by atoms with Gasteiger partial charge in [-0.1, -0.05) is 24.3 Å². The molecular formula is C21H19NO5. The van der Waals surface area contributed by atoms with E-state index in [4.69, 9.17) is 9.84 Å². The maximum atomic E-state index is 11.5. The SMILES string of the molecule is COc1cc(C(=O)O)cc2c1N[C@@H](c1ccc(C(=O)O)cc1)[C@@H]1CC=C[C@H]21. The van der Waals surface area contributed by atoms with Crippen LogP contribution >= 0.6 is 0 Å². The van der Waals surface area contributed by atoms with Gasteiger partial charge in [0.15, 0.2) is 0 Å². The van der Waals surface area contributed by atoms with E-state index in [1.165, 1.54) is 13.2 Å². The van der Waals surface area contributed by atoms with Gasteiger partial charge < -0.3 is 20.3 Å². The second-order valence-electron chi connectivity index (χ2n) is 6.85. The first-order valence-corrected chi connectivity index (χ1v) is 8.71. The van der Waals surface area contributed by atoms with Crippen LogP contribution in [0.2, 0.25) is 0 Å². The number of anilines is 1. The van der Waals surface area contributed by atoms with E-state index >= 15 is 0 Å². The normalized spacial score (nSPS) is 22.5. The Bertz CT molecular complexity index is 948. The van der Waals surface area contributed by atoms with Crippen molar-refractivity contribution in [3.05, 3.63) is 70.8 Å². The molecule has 27 heavy (non-hydrogen) atoms. The Kier molecular flexibility index (Phi) is 4.11. The first-order chi connectivity index (χ1) is 13.0. The fourth-order valence-corrected chi connectivity index (χ4v) is 4.11. The molecule has 0 bridgehead atoms. The molecule has 6 nitrogen and oxygen atoms in total. The highest BCUT2D eigenvalue weighted by molar-refractivity contribution is 5.90. The third-order valence-electron chi connectivity index (χ3n) is 5.42. The molecule has 0 spiro atoms. The van der Waals surface area contributed by atoms with Crippen molar-refractivity contribution in [2.75, 3.05) is 12.4 Å². The van der Waals surface area contributed by atoms with Gasteiger partial charge in [-0.3, -0.25) is 0 Å². The minimum absolute atomic E-state index is 0.0232. The summed E-state index contributed by atoms with van der Waals surface area (Å²) in [4.78, 5) is 22.6. The first-order valence-electron chi connectivity index (χ1n) is 8.71. The van der Waals surface area contributed by atoms with Gasteiger partial charge in [-0.15, -0.1) is 0 Å². The average Bonchev–Trinajstić information content (AvgIpc) is 3.16.